The van der Waals surface area contributed by atoms with E-state index in [0.29, 0.717) is 16.6 Å². The van der Waals surface area contributed by atoms with E-state index in [2.05, 4.69) is 17.2 Å². The van der Waals surface area contributed by atoms with Crippen molar-refractivity contribution < 1.29 is 4.79 Å². The topological polar surface area (TPSA) is 42.0 Å². The van der Waals surface area contributed by atoms with Crippen molar-refractivity contribution in [3.63, 3.8) is 0 Å². The van der Waals surface area contributed by atoms with Gasteiger partial charge in [0.1, 0.15) is 5.15 Å². The first-order valence-electron chi connectivity index (χ1n) is 6.97. The van der Waals surface area contributed by atoms with Gasteiger partial charge in [-0.3, -0.25) is 4.79 Å². The fourth-order valence-electron chi connectivity index (χ4n) is 2.63. The second-order valence-electron chi connectivity index (χ2n) is 5.66. The molecule has 1 aliphatic carbocycles. The first-order chi connectivity index (χ1) is 9.04. The van der Waals surface area contributed by atoms with Crippen LogP contribution in [-0.4, -0.2) is 17.4 Å². The van der Waals surface area contributed by atoms with Crippen molar-refractivity contribution >= 4 is 17.5 Å². The first-order valence-corrected chi connectivity index (χ1v) is 7.35. The molecule has 104 valence electrons. The van der Waals surface area contributed by atoms with Crippen LogP contribution in [0.25, 0.3) is 0 Å². The molecule has 1 aromatic rings. The Hall–Kier alpha value is -1.09. The number of carbonyl (C=O) groups excluding carboxylic acids is 1. The molecule has 0 saturated heterocycles. The van der Waals surface area contributed by atoms with Crippen LogP contribution in [0.3, 0.4) is 0 Å². The van der Waals surface area contributed by atoms with Crippen LogP contribution in [0.5, 0.6) is 0 Å². The van der Waals surface area contributed by atoms with Gasteiger partial charge < -0.3 is 5.32 Å². The fourth-order valence-corrected chi connectivity index (χ4v) is 2.88. The molecule has 19 heavy (non-hydrogen) atoms. The summed E-state index contributed by atoms with van der Waals surface area (Å²) < 4.78 is 0. The highest BCUT2D eigenvalue weighted by Gasteiger charge is 2.19. The Kier molecular flexibility index (Phi) is 4.81. The molecule has 0 unspecified atom stereocenters. The van der Waals surface area contributed by atoms with Crippen LogP contribution in [0.1, 0.15) is 48.7 Å². The lowest BCUT2D eigenvalue weighted by molar-refractivity contribution is 0.0941. The van der Waals surface area contributed by atoms with Crippen molar-refractivity contribution in [2.75, 3.05) is 6.54 Å². The minimum Gasteiger partial charge on any atom is -0.352 e. The highest BCUT2D eigenvalue weighted by molar-refractivity contribution is 6.29. The maximum atomic E-state index is 12.1. The summed E-state index contributed by atoms with van der Waals surface area (Å²) in [6.07, 6.45) is 5.00. The van der Waals surface area contributed by atoms with E-state index in [1.54, 1.807) is 12.1 Å². The molecule has 1 amide bonds. The minimum absolute atomic E-state index is 0.0500. The van der Waals surface area contributed by atoms with Crippen LogP contribution in [0, 0.1) is 18.8 Å². The van der Waals surface area contributed by atoms with Gasteiger partial charge in [0.15, 0.2) is 0 Å². The second kappa shape index (κ2) is 6.38. The monoisotopic (exact) mass is 280 g/mol. The molecular weight excluding hydrogens is 260 g/mol. The number of aromatic nitrogens is 1. The van der Waals surface area contributed by atoms with Crippen molar-refractivity contribution in [2.24, 2.45) is 11.8 Å². The summed E-state index contributed by atoms with van der Waals surface area (Å²) in [4.78, 5) is 16.1. The normalized spacial score (nSPS) is 23.1. The lowest BCUT2D eigenvalue weighted by Gasteiger charge is -2.26. The Labute approximate surface area is 119 Å². The van der Waals surface area contributed by atoms with E-state index < -0.39 is 0 Å². The number of hydrogen-bond acceptors (Lipinski definition) is 2. The minimum atomic E-state index is -0.0500. The van der Waals surface area contributed by atoms with Gasteiger partial charge in [-0.05, 0) is 43.7 Å². The zero-order valence-corrected chi connectivity index (χ0v) is 12.3. The number of rotatable bonds is 3. The molecule has 1 heterocycles. The third-order valence-electron chi connectivity index (χ3n) is 3.87. The number of aryl methyl sites for hydroxylation is 1. The SMILES string of the molecule is Cc1cc(C(=O)NCC2CCC(C)CC2)cc(Cl)n1. The molecule has 0 spiro atoms. The van der Waals surface area contributed by atoms with E-state index in [1.165, 1.54) is 25.7 Å². The van der Waals surface area contributed by atoms with E-state index in [4.69, 9.17) is 11.6 Å². The van der Waals surface area contributed by atoms with Gasteiger partial charge in [0.2, 0.25) is 0 Å². The molecule has 2 rings (SSSR count). The third-order valence-corrected chi connectivity index (χ3v) is 4.06. The quantitative estimate of drug-likeness (QED) is 0.860. The number of halogens is 1. The predicted octanol–water partition coefficient (Wildman–Crippen LogP) is 3.60. The Bertz CT molecular complexity index is 433. The van der Waals surface area contributed by atoms with E-state index in [1.807, 2.05) is 6.92 Å². The number of nitrogens with zero attached hydrogens (tertiary/aromatic N) is 1. The molecule has 0 aliphatic heterocycles. The molecule has 1 fully saturated rings. The fraction of sp³-hybridized carbons (Fsp3) is 0.600. The molecule has 0 aromatic carbocycles. The van der Waals surface area contributed by atoms with Gasteiger partial charge in [-0.25, -0.2) is 4.98 Å². The number of amides is 1. The number of nitrogens with one attached hydrogen (secondary N) is 1. The lowest BCUT2D eigenvalue weighted by Crippen LogP contribution is -2.31. The van der Waals surface area contributed by atoms with Crippen LogP contribution in [0.2, 0.25) is 5.15 Å². The van der Waals surface area contributed by atoms with Gasteiger partial charge in [-0.2, -0.15) is 0 Å². The molecule has 4 heteroatoms. The Morgan fingerprint density at radius 3 is 2.68 bits per heavy atom. The van der Waals surface area contributed by atoms with Crippen LogP contribution >= 0.6 is 11.6 Å². The standard InChI is InChI=1S/C15H21ClN2O/c1-10-3-5-12(6-4-10)9-17-15(19)13-7-11(2)18-14(16)8-13/h7-8,10,12H,3-6,9H2,1-2H3,(H,17,19). The van der Waals surface area contributed by atoms with Crippen molar-refractivity contribution in [2.45, 2.75) is 39.5 Å². The van der Waals surface area contributed by atoms with Crippen LogP contribution in [-0.2, 0) is 0 Å². The molecule has 1 N–H and O–H groups in total. The average Bonchev–Trinajstić information content (AvgIpc) is 2.36. The summed E-state index contributed by atoms with van der Waals surface area (Å²) in [6, 6.07) is 3.39. The van der Waals surface area contributed by atoms with Crippen molar-refractivity contribution in [3.8, 4) is 0 Å². The molecule has 3 nitrogen and oxygen atoms in total. The molecular formula is C15H21ClN2O. The van der Waals surface area contributed by atoms with Crippen molar-refractivity contribution in [1.29, 1.82) is 0 Å². The lowest BCUT2D eigenvalue weighted by atomic mass is 9.83. The Morgan fingerprint density at radius 2 is 2.05 bits per heavy atom. The van der Waals surface area contributed by atoms with Gasteiger partial charge in [-0.15, -0.1) is 0 Å². The van der Waals surface area contributed by atoms with E-state index in [0.717, 1.165) is 18.2 Å². The summed E-state index contributed by atoms with van der Waals surface area (Å²) in [5.74, 6) is 1.41. The van der Waals surface area contributed by atoms with Crippen LogP contribution in [0.4, 0.5) is 0 Å². The van der Waals surface area contributed by atoms with E-state index in [9.17, 15) is 4.79 Å². The maximum Gasteiger partial charge on any atom is 0.251 e. The Balaban J connectivity index is 1.87. The third kappa shape index (κ3) is 4.20. The van der Waals surface area contributed by atoms with Gasteiger partial charge in [0.25, 0.3) is 5.91 Å². The number of pyridine rings is 1. The zero-order chi connectivity index (χ0) is 13.8. The molecule has 1 saturated carbocycles. The highest BCUT2D eigenvalue weighted by atomic mass is 35.5. The summed E-state index contributed by atoms with van der Waals surface area (Å²) >= 11 is 5.87. The van der Waals surface area contributed by atoms with Gasteiger partial charge >= 0.3 is 0 Å². The second-order valence-corrected chi connectivity index (χ2v) is 6.04. The number of carbonyl (C=O) groups is 1. The van der Waals surface area contributed by atoms with E-state index >= 15 is 0 Å². The predicted molar refractivity (Wildman–Crippen MR) is 77.4 cm³/mol. The molecule has 1 aromatic heterocycles. The summed E-state index contributed by atoms with van der Waals surface area (Å²) in [5, 5.41) is 3.38. The summed E-state index contributed by atoms with van der Waals surface area (Å²) in [7, 11) is 0. The van der Waals surface area contributed by atoms with Gasteiger partial charge in [-0.1, -0.05) is 31.4 Å². The first kappa shape index (κ1) is 14.3. The largest absolute Gasteiger partial charge is 0.352 e. The smallest absolute Gasteiger partial charge is 0.251 e. The zero-order valence-electron chi connectivity index (χ0n) is 11.6. The molecule has 1 aliphatic rings. The van der Waals surface area contributed by atoms with Crippen LogP contribution < -0.4 is 5.32 Å². The maximum absolute atomic E-state index is 12.1. The summed E-state index contributed by atoms with van der Waals surface area (Å²) in [6.45, 7) is 4.91. The Morgan fingerprint density at radius 1 is 1.37 bits per heavy atom. The molecule has 0 atom stereocenters. The summed E-state index contributed by atoms with van der Waals surface area (Å²) in [5.41, 5.74) is 1.37. The van der Waals surface area contributed by atoms with Gasteiger partial charge in [0, 0.05) is 17.8 Å². The van der Waals surface area contributed by atoms with E-state index in [-0.39, 0.29) is 5.91 Å². The molecule has 0 radical (unpaired) electrons. The average molecular weight is 281 g/mol. The van der Waals surface area contributed by atoms with Crippen molar-refractivity contribution in [1.82, 2.24) is 10.3 Å². The molecule has 0 bridgehead atoms. The number of hydrogen-bond donors (Lipinski definition) is 1. The van der Waals surface area contributed by atoms with Crippen LogP contribution in [0.15, 0.2) is 12.1 Å². The highest BCUT2D eigenvalue weighted by Crippen LogP contribution is 2.27. The van der Waals surface area contributed by atoms with Crippen molar-refractivity contribution in [3.05, 3.63) is 28.5 Å². The van der Waals surface area contributed by atoms with Gasteiger partial charge in [0.05, 0.1) is 0 Å².